The van der Waals surface area contributed by atoms with Gasteiger partial charge in [0.25, 0.3) is 0 Å². The molecule has 0 spiro atoms. The van der Waals surface area contributed by atoms with E-state index in [0.29, 0.717) is 12.4 Å². The molecular weight excluding hydrogens is 332 g/mol. The second kappa shape index (κ2) is 7.64. The van der Waals surface area contributed by atoms with E-state index in [2.05, 4.69) is 15.9 Å². The molecule has 0 unspecified atom stereocenters. The molecule has 0 heterocycles. The Hall–Kier alpha value is -2.07. The fourth-order valence-corrected chi connectivity index (χ4v) is 1.92. The molecule has 0 radical (unpaired) electrons. The molecule has 0 saturated carbocycles. The van der Waals surface area contributed by atoms with Crippen molar-refractivity contribution in [3.05, 3.63) is 64.1 Å². The Morgan fingerprint density at radius 3 is 2.05 bits per heavy atom. The molecule has 0 aliphatic heterocycles. The van der Waals surface area contributed by atoms with Crippen LogP contribution in [0.5, 0.6) is 5.75 Å². The maximum Gasteiger partial charge on any atom is 0.513 e. The maximum absolute atomic E-state index is 11.2. The first-order chi connectivity index (χ1) is 10.2. The van der Waals surface area contributed by atoms with Crippen molar-refractivity contribution in [3.8, 4) is 5.75 Å². The minimum Gasteiger partial charge on any atom is -0.434 e. The molecular formula is C17H15BrO3. The number of carbonyl (C=O) groups excluding carboxylic acids is 1. The zero-order chi connectivity index (χ0) is 15.1. The van der Waals surface area contributed by atoms with E-state index in [0.717, 1.165) is 15.6 Å². The number of hydrogen-bond acceptors (Lipinski definition) is 3. The summed E-state index contributed by atoms with van der Waals surface area (Å²) in [5, 5.41) is 0. The van der Waals surface area contributed by atoms with Gasteiger partial charge in [0.15, 0.2) is 0 Å². The van der Waals surface area contributed by atoms with Crippen LogP contribution in [0, 0.1) is 0 Å². The van der Waals surface area contributed by atoms with Crippen LogP contribution in [-0.4, -0.2) is 12.8 Å². The Balaban J connectivity index is 1.98. The lowest BCUT2D eigenvalue weighted by atomic mass is 10.1. The number of halogens is 1. The second-order valence-electron chi connectivity index (χ2n) is 4.24. The van der Waals surface area contributed by atoms with Gasteiger partial charge < -0.3 is 9.47 Å². The van der Waals surface area contributed by atoms with Crippen molar-refractivity contribution in [1.82, 2.24) is 0 Å². The van der Waals surface area contributed by atoms with E-state index in [1.54, 1.807) is 19.1 Å². The summed E-state index contributed by atoms with van der Waals surface area (Å²) in [6, 6.07) is 15.3. The van der Waals surface area contributed by atoms with Gasteiger partial charge in [0.1, 0.15) is 5.75 Å². The molecule has 108 valence electrons. The summed E-state index contributed by atoms with van der Waals surface area (Å²) in [6.45, 7) is 2.03. The quantitative estimate of drug-likeness (QED) is 0.436. The number of carbonyl (C=O) groups is 1. The fraction of sp³-hybridized carbons (Fsp3) is 0.118. The summed E-state index contributed by atoms with van der Waals surface area (Å²) in [5.41, 5.74) is 2.14. The van der Waals surface area contributed by atoms with Gasteiger partial charge in [-0.15, -0.1) is 0 Å². The van der Waals surface area contributed by atoms with Gasteiger partial charge in [0.05, 0.1) is 6.61 Å². The van der Waals surface area contributed by atoms with Gasteiger partial charge in [-0.05, 0) is 42.3 Å². The highest BCUT2D eigenvalue weighted by Gasteiger charge is 2.03. The second-order valence-corrected chi connectivity index (χ2v) is 5.15. The minimum absolute atomic E-state index is 0.298. The molecule has 0 fully saturated rings. The third-order valence-corrected chi connectivity index (χ3v) is 3.21. The molecule has 2 aromatic carbocycles. The maximum atomic E-state index is 11.2. The Kier molecular flexibility index (Phi) is 5.58. The summed E-state index contributed by atoms with van der Waals surface area (Å²) in [7, 11) is 0. The van der Waals surface area contributed by atoms with Crippen LogP contribution < -0.4 is 4.74 Å². The van der Waals surface area contributed by atoms with E-state index >= 15 is 0 Å². The fourth-order valence-electron chi connectivity index (χ4n) is 1.66. The largest absolute Gasteiger partial charge is 0.513 e. The lowest BCUT2D eigenvalue weighted by Crippen LogP contribution is -2.09. The normalized spacial score (nSPS) is 10.6. The number of hydrogen-bond donors (Lipinski definition) is 0. The van der Waals surface area contributed by atoms with Crippen molar-refractivity contribution < 1.29 is 14.3 Å². The first kappa shape index (κ1) is 15.3. The highest BCUT2D eigenvalue weighted by molar-refractivity contribution is 9.10. The summed E-state index contributed by atoms with van der Waals surface area (Å²) >= 11 is 3.40. The SMILES string of the molecule is CCOC(=O)Oc1ccc(C=Cc2ccc(Br)cc2)cc1. The van der Waals surface area contributed by atoms with Crippen molar-refractivity contribution in [1.29, 1.82) is 0 Å². The number of benzene rings is 2. The van der Waals surface area contributed by atoms with Crippen LogP contribution in [0.15, 0.2) is 53.0 Å². The molecule has 4 heteroatoms. The van der Waals surface area contributed by atoms with E-state index in [4.69, 9.17) is 9.47 Å². The zero-order valence-electron chi connectivity index (χ0n) is 11.6. The van der Waals surface area contributed by atoms with Gasteiger partial charge >= 0.3 is 6.16 Å². The van der Waals surface area contributed by atoms with Crippen molar-refractivity contribution >= 4 is 34.2 Å². The van der Waals surface area contributed by atoms with Gasteiger partial charge in [-0.3, -0.25) is 0 Å². The Bertz CT molecular complexity index is 615. The first-order valence-corrected chi connectivity index (χ1v) is 7.35. The Labute approximate surface area is 132 Å². The monoisotopic (exact) mass is 346 g/mol. The van der Waals surface area contributed by atoms with Crippen LogP contribution >= 0.6 is 15.9 Å². The molecule has 21 heavy (non-hydrogen) atoms. The standard InChI is InChI=1S/C17H15BrO3/c1-2-20-17(19)21-16-11-7-14(8-12-16)4-3-13-5-9-15(18)10-6-13/h3-12H,2H2,1H3. The Morgan fingerprint density at radius 1 is 1.00 bits per heavy atom. The molecule has 3 nitrogen and oxygen atoms in total. The molecule has 0 saturated heterocycles. The number of ether oxygens (including phenoxy) is 2. The van der Waals surface area contributed by atoms with Crippen molar-refractivity contribution in [3.63, 3.8) is 0 Å². The first-order valence-electron chi connectivity index (χ1n) is 6.55. The average molecular weight is 347 g/mol. The topological polar surface area (TPSA) is 35.5 Å². The molecule has 0 aliphatic rings. The number of rotatable bonds is 4. The van der Waals surface area contributed by atoms with E-state index < -0.39 is 6.16 Å². The molecule has 0 bridgehead atoms. The summed E-state index contributed by atoms with van der Waals surface area (Å²) in [4.78, 5) is 11.2. The molecule has 0 aliphatic carbocycles. The molecule has 2 rings (SSSR count). The zero-order valence-corrected chi connectivity index (χ0v) is 13.2. The molecule has 2 aromatic rings. The van der Waals surface area contributed by atoms with E-state index in [1.807, 2.05) is 48.6 Å². The van der Waals surface area contributed by atoms with Gasteiger partial charge in [-0.1, -0.05) is 52.3 Å². The van der Waals surface area contributed by atoms with Gasteiger partial charge in [0.2, 0.25) is 0 Å². The predicted octanol–water partition coefficient (Wildman–Crippen LogP) is 5.15. The van der Waals surface area contributed by atoms with E-state index in [1.165, 1.54) is 0 Å². The summed E-state index contributed by atoms with van der Waals surface area (Å²) in [6.07, 6.45) is 3.33. The van der Waals surface area contributed by atoms with E-state index in [-0.39, 0.29) is 0 Å². The lowest BCUT2D eigenvalue weighted by molar-refractivity contribution is 0.104. The van der Waals surface area contributed by atoms with Gasteiger partial charge in [0, 0.05) is 4.47 Å². The van der Waals surface area contributed by atoms with Gasteiger partial charge in [-0.25, -0.2) is 4.79 Å². The van der Waals surface area contributed by atoms with Crippen LogP contribution in [0.2, 0.25) is 0 Å². The van der Waals surface area contributed by atoms with Gasteiger partial charge in [-0.2, -0.15) is 0 Å². The minimum atomic E-state index is -0.685. The summed E-state index contributed by atoms with van der Waals surface area (Å²) in [5.74, 6) is 0.467. The Morgan fingerprint density at radius 2 is 1.52 bits per heavy atom. The van der Waals surface area contributed by atoms with E-state index in [9.17, 15) is 4.79 Å². The highest BCUT2D eigenvalue weighted by atomic mass is 79.9. The predicted molar refractivity (Wildman–Crippen MR) is 87.2 cm³/mol. The average Bonchev–Trinajstić information content (AvgIpc) is 2.48. The third kappa shape index (κ3) is 5.08. The van der Waals surface area contributed by atoms with Crippen LogP contribution in [0.4, 0.5) is 4.79 Å². The van der Waals surface area contributed by atoms with Crippen molar-refractivity contribution in [2.75, 3.05) is 6.61 Å². The van der Waals surface area contributed by atoms with Crippen molar-refractivity contribution in [2.45, 2.75) is 6.92 Å². The molecule has 0 N–H and O–H groups in total. The van der Waals surface area contributed by atoms with Crippen LogP contribution in [0.25, 0.3) is 12.2 Å². The third-order valence-electron chi connectivity index (χ3n) is 2.68. The molecule has 0 aromatic heterocycles. The molecule has 0 amide bonds. The van der Waals surface area contributed by atoms with Crippen LogP contribution in [0.1, 0.15) is 18.1 Å². The summed E-state index contributed by atoms with van der Waals surface area (Å²) < 4.78 is 10.8. The van der Waals surface area contributed by atoms with Crippen LogP contribution in [0.3, 0.4) is 0 Å². The van der Waals surface area contributed by atoms with Crippen LogP contribution in [-0.2, 0) is 4.74 Å². The smallest absolute Gasteiger partial charge is 0.434 e. The highest BCUT2D eigenvalue weighted by Crippen LogP contribution is 2.16. The molecule has 0 atom stereocenters. The lowest BCUT2D eigenvalue weighted by Gasteiger charge is -2.03. The van der Waals surface area contributed by atoms with Crippen molar-refractivity contribution in [2.24, 2.45) is 0 Å².